The number of rotatable bonds is 0. The van der Waals surface area contributed by atoms with E-state index in [1.165, 1.54) is 26.8 Å². The molecule has 2 aromatic carbocycles. The first kappa shape index (κ1) is 11.1. The molecule has 0 radical (unpaired) electrons. The Bertz CT molecular complexity index is 958. The minimum absolute atomic E-state index is 0.305. The van der Waals surface area contributed by atoms with Crippen LogP contribution < -0.4 is 4.90 Å². The molecule has 2 atom stereocenters. The highest BCUT2D eigenvalue weighted by Gasteiger charge is 2.29. The van der Waals surface area contributed by atoms with Gasteiger partial charge in [0.2, 0.25) is 0 Å². The molecule has 0 saturated heterocycles. The van der Waals surface area contributed by atoms with Crippen LogP contribution in [0.1, 0.15) is 17.2 Å². The first-order valence-corrected chi connectivity index (χ1v) is 7.26. The molecule has 21 heavy (non-hydrogen) atoms. The average molecular weight is 272 g/mol. The summed E-state index contributed by atoms with van der Waals surface area (Å²) in [4.78, 5) is 1.33. The van der Waals surface area contributed by atoms with Crippen molar-refractivity contribution >= 4 is 28.0 Å². The van der Waals surface area contributed by atoms with Gasteiger partial charge in [0.25, 0.3) is 0 Å². The summed E-state index contributed by atoms with van der Waals surface area (Å²) >= 11 is 0. The number of hydrogen-bond acceptors (Lipinski definition) is 1. The number of fused-ring (bicyclic) bond motifs is 7. The van der Waals surface area contributed by atoms with E-state index in [1.807, 2.05) is 12.1 Å². The summed E-state index contributed by atoms with van der Waals surface area (Å²) in [5.41, 5.74) is 4.55. The van der Waals surface area contributed by atoms with E-state index in [9.17, 15) is 0 Å². The smallest absolute Gasteiger partial charge is 0.145 e. The first-order chi connectivity index (χ1) is 10.4. The minimum atomic E-state index is 0.305. The maximum atomic E-state index is 6.19. The monoisotopic (exact) mass is 272 g/mol. The van der Waals surface area contributed by atoms with Gasteiger partial charge in [-0.1, -0.05) is 30.3 Å². The van der Waals surface area contributed by atoms with Crippen LogP contribution in [0.2, 0.25) is 0 Å². The lowest BCUT2D eigenvalue weighted by Gasteiger charge is -2.26. The van der Waals surface area contributed by atoms with Crippen LogP contribution in [0.3, 0.4) is 0 Å². The number of benzene rings is 2. The molecule has 0 spiro atoms. The molecule has 0 saturated carbocycles. The number of furan rings is 1. The summed E-state index contributed by atoms with van der Waals surface area (Å²) < 4.78 is 6.19. The summed E-state index contributed by atoms with van der Waals surface area (Å²) in [5, 5.41) is 2.41. The number of para-hydroxylation sites is 1. The predicted octanol–water partition coefficient (Wildman–Crippen LogP) is 3.58. The Labute approximate surface area is 122 Å². The van der Waals surface area contributed by atoms with Crippen LogP contribution in [-0.2, 0) is 0 Å². The molecule has 2 nitrogen and oxygen atoms in total. The zero-order valence-corrected chi connectivity index (χ0v) is 11.4. The Morgan fingerprint density at radius 2 is 1.86 bits per heavy atom. The van der Waals surface area contributed by atoms with Crippen LogP contribution in [0.5, 0.6) is 0 Å². The molecule has 2 aliphatic rings. The van der Waals surface area contributed by atoms with Crippen molar-refractivity contribution in [2.75, 3.05) is 0 Å². The third-order valence-electron chi connectivity index (χ3n) is 4.45. The largest absolute Gasteiger partial charge is 0.455 e. The highest BCUT2D eigenvalue weighted by Crippen LogP contribution is 2.36. The van der Waals surface area contributed by atoms with Gasteiger partial charge in [-0.2, -0.15) is 0 Å². The van der Waals surface area contributed by atoms with Gasteiger partial charge in [-0.3, -0.25) is 4.90 Å². The molecule has 1 N–H and O–H groups in total. The normalized spacial score (nSPS) is 22.7. The quantitative estimate of drug-likeness (QED) is 0.662. The van der Waals surface area contributed by atoms with E-state index in [2.05, 4.69) is 61.0 Å². The second-order valence-corrected chi connectivity index (χ2v) is 5.60. The van der Waals surface area contributed by atoms with Crippen molar-refractivity contribution in [2.24, 2.45) is 0 Å². The molecular weight excluding hydrogens is 258 g/mol. The molecule has 3 heterocycles. The topological polar surface area (TPSA) is 17.6 Å². The van der Waals surface area contributed by atoms with Crippen LogP contribution in [0.4, 0.5) is 0 Å². The van der Waals surface area contributed by atoms with E-state index in [0.717, 1.165) is 11.2 Å². The van der Waals surface area contributed by atoms with Crippen molar-refractivity contribution in [3.63, 3.8) is 0 Å². The number of allylic oxidation sites excluding steroid dienone is 2. The second kappa shape index (κ2) is 3.96. The van der Waals surface area contributed by atoms with Crippen LogP contribution in [0, 0.1) is 0 Å². The Morgan fingerprint density at radius 1 is 0.905 bits per heavy atom. The molecule has 1 aromatic heterocycles. The van der Waals surface area contributed by atoms with E-state index in [0.29, 0.717) is 6.04 Å². The van der Waals surface area contributed by atoms with Crippen molar-refractivity contribution in [3.05, 3.63) is 78.2 Å². The summed E-state index contributed by atoms with van der Waals surface area (Å²) in [7, 11) is 0. The molecule has 100 valence electrons. The fourth-order valence-electron chi connectivity index (χ4n) is 3.46. The third-order valence-corrected chi connectivity index (χ3v) is 4.45. The summed E-state index contributed by atoms with van der Waals surface area (Å²) in [6, 6.07) is 13.0. The Balaban J connectivity index is 1.91. The predicted molar refractivity (Wildman–Crippen MR) is 84.7 cm³/mol. The summed E-state index contributed by atoms with van der Waals surface area (Å²) in [5.74, 6) is 0. The van der Waals surface area contributed by atoms with Crippen LogP contribution >= 0.6 is 0 Å². The van der Waals surface area contributed by atoms with E-state index < -0.39 is 0 Å². The average Bonchev–Trinajstić information content (AvgIpc) is 2.93. The molecule has 2 aliphatic heterocycles. The highest BCUT2D eigenvalue weighted by molar-refractivity contribution is 6.06. The zero-order valence-electron chi connectivity index (χ0n) is 11.4. The molecule has 0 fully saturated rings. The molecule has 0 amide bonds. The highest BCUT2D eigenvalue weighted by atomic mass is 16.3. The molecular formula is C19H14NO+. The van der Waals surface area contributed by atoms with Crippen molar-refractivity contribution in [3.8, 4) is 0 Å². The third kappa shape index (κ3) is 1.45. The van der Waals surface area contributed by atoms with Crippen LogP contribution in [-0.4, -0.2) is 0 Å². The Hall–Kier alpha value is -2.58. The van der Waals surface area contributed by atoms with Gasteiger partial charge >= 0.3 is 0 Å². The Morgan fingerprint density at radius 3 is 2.86 bits per heavy atom. The van der Waals surface area contributed by atoms with E-state index in [4.69, 9.17) is 4.42 Å². The van der Waals surface area contributed by atoms with Crippen molar-refractivity contribution in [1.29, 1.82) is 0 Å². The maximum absolute atomic E-state index is 6.19. The van der Waals surface area contributed by atoms with Crippen LogP contribution in [0.15, 0.2) is 71.4 Å². The molecule has 0 aliphatic carbocycles. The summed E-state index contributed by atoms with van der Waals surface area (Å²) in [6.45, 7) is 0. The van der Waals surface area contributed by atoms with Gasteiger partial charge in [0.1, 0.15) is 23.4 Å². The fraction of sp³-hybridized carbons (Fsp3) is 0.0526. The molecule has 0 bridgehead atoms. The molecule has 2 unspecified atom stereocenters. The van der Waals surface area contributed by atoms with Crippen LogP contribution in [0.25, 0.3) is 28.0 Å². The second-order valence-electron chi connectivity index (χ2n) is 5.60. The first-order valence-electron chi connectivity index (χ1n) is 7.26. The summed E-state index contributed by atoms with van der Waals surface area (Å²) in [6.07, 6.45) is 13.1. The van der Waals surface area contributed by atoms with E-state index in [1.54, 1.807) is 0 Å². The molecule has 2 heteroatoms. The van der Waals surface area contributed by atoms with E-state index in [-0.39, 0.29) is 0 Å². The Kier molecular flexibility index (Phi) is 2.10. The fourth-order valence-corrected chi connectivity index (χ4v) is 3.46. The minimum Gasteiger partial charge on any atom is -0.455 e. The number of quaternary nitrogens is 1. The molecule has 3 aromatic rings. The number of nitrogens with one attached hydrogen (secondary N) is 1. The van der Waals surface area contributed by atoms with Gasteiger partial charge in [-0.15, -0.1) is 0 Å². The lowest BCUT2D eigenvalue weighted by molar-refractivity contribution is -0.819. The van der Waals surface area contributed by atoms with Gasteiger partial charge in [0.05, 0.1) is 11.8 Å². The lowest BCUT2D eigenvalue weighted by atomic mass is 9.92. The van der Waals surface area contributed by atoms with Gasteiger partial charge in [-0.25, -0.2) is 0 Å². The van der Waals surface area contributed by atoms with Gasteiger partial charge in [0.15, 0.2) is 0 Å². The van der Waals surface area contributed by atoms with E-state index >= 15 is 0 Å². The SMILES string of the molecule is C1=CC2c3c(ccc4c3oc3ccccc34)C=C[NH+]2C=C1. The molecule has 5 rings (SSSR count). The lowest BCUT2D eigenvalue weighted by Crippen LogP contribution is -3.03. The number of hydrogen-bond donors (Lipinski definition) is 1. The standard InChI is InChI=1S/C19H13NO/c1-2-7-17-14(5-1)15-9-8-13-10-12-20-11-4-3-6-16(20)18(13)19(15)21-17/h1-12,16H/p+1. The zero-order chi connectivity index (χ0) is 13.8. The maximum Gasteiger partial charge on any atom is 0.145 e. The van der Waals surface area contributed by atoms with Gasteiger partial charge in [-0.05, 0) is 35.9 Å². The van der Waals surface area contributed by atoms with Crippen molar-refractivity contribution in [1.82, 2.24) is 0 Å². The van der Waals surface area contributed by atoms with Crippen molar-refractivity contribution in [2.45, 2.75) is 6.04 Å². The van der Waals surface area contributed by atoms with Gasteiger partial charge < -0.3 is 4.42 Å². The van der Waals surface area contributed by atoms with Crippen molar-refractivity contribution < 1.29 is 9.32 Å². The van der Waals surface area contributed by atoms with Gasteiger partial charge in [0, 0.05) is 10.8 Å².